The molecule has 0 aromatic carbocycles. The second kappa shape index (κ2) is 6.90. The van der Waals surface area contributed by atoms with E-state index in [-0.39, 0.29) is 53.9 Å². The van der Waals surface area contributed by atoms with E-state index in [1.165, 1.54) is 17.6 Å². The Hall–Kier alpha value is -2.37. The lowest BCUT2D eigenvalue weighted by Gasteiger charge is -2.28. The summed E-state index contributed by atoms with van der Waals surface area (Å²) in [6, 6.07) is 3.02. The summed E-state index contributed by atoms with van der Waals surface area (Å²) < 4.78 is 5.55. The molecule has 0 spiro atoms. The summed E-state index contributed by atoms with van der Waals surface area (Å²) in [5, 5.41) is 3.10. The molecule has 4 aliphatic rings. The average Bonchev–Trinajstić information content (AvgIpc) is 3.46. The highest BCUT2D eigenvalue weighted by Gasteiger charge is 2.60. The molecule has 2 bridgehead atoms. The summed E-state index contributed by atoms with van der Waals surface area (Å²) in [6.07, 6.45) is 12.1. The molecule has 5 atom stereocenters. The van der Waals surface area contributed by atoms with Crippen molar-refractivity contribution in [1.29, 1.82) is 0 Å². The number of fused-ring (bicyclic) bond motifs is 5. The standard InChI is InChI=1S/C22H26N2O4/c25-18(23-15-5-2-1-3-6-15)12-16(17-7-4-10-28-17)24-21(26)19-13-8-9-14(11-13)20(19)22(24)27/h4,7-10,13-16,19-20H,1-3,5-6,11-12H2,(H,23,25). The number of imide groups is 1. The third-order valence-corrected chi connectivity index (χ3v) is 7.04. The van der Waals surface area contributed by atoms with Crippen LogP contribution in [0.15, 0.2) is 35.0 Å². The Morgan fingerprint density at radius 3 is 2.39 bits per heavy atom. The van der Waals surface area contributed by atoms with Crippen molar-refractivity contribution in [2.24, 2.45) is 23.7 Å². The largest absolute Gasteiger partial charge is 0.467 e. The molecule has 1 saturated heterocycles. The molecule has 3 fully saturated rings. The second-order valence-corrected chi connectivity index (χ2v) is 8.68. The molecule has 6 heteroatoms. The number of allylic oxidation sites excluding steroid dienone is 2. The first-order valence-electron chi connectivity index (χ1n) is 10.5. The molecule has 3 aliphatic carbocycles. The van der Waals surface area contributed by atoms with Gasteiger partial charge in [0.2, 0.25) is 17.7 Å². The van der Waals surface area contributed by atoms with E-state index in [9.17, 15) is 14.4 Å². The van der Waals surface area contributed by atoms with Crippen LogP contribution in [0.4, 0.5) is 0 Å². The van der Waals surface area contributed by atoms with Crippen LogP contribution >= 0.6 is 0 Å². The fourth-order valence-electron chi connectivity index (χ4n) is 5.74. The van der Waals surface area contributed by atoms with Crippen LogP contribution in [-0.2, 0) is 14.4 Å². The summed E-state index contributed by atoms with van der Waals surface area (Å²) in [5.41, 5.74) is 0. The number of hydrogen-bond acceptors (Lipinski definition) is 4. The Morgan fingerprint density at radius 2 is 1.79 bits per heavy atom. The maximum atomic E-state index is 13.2. The lowest BCUT2D eigenvalue weighted by Crippen LogP contribution is -2.41. The van der Waals surface area contributed by atoms with Crippen molar-refractivity contribution in [3.05, 3.63) is 36.3 Å². The van der Waals surface area contributed by atoms with Gasteiger partial charge in [0.05, 0.1) is 24.5 Å². The predicted molar refractivity (Wildman–Crippen MR) is 101 cm³/mol. The van der Waals surface area contributed by atoms with Crippen molar-refractivity contribution < 1.29 is 18.8 Å². The topological polar surface area (TPSA) is 79.6 Å². The van der Waals surface area contributed by atoms with Crippen LogP contribution in [0.2, 0.25) is 0 Å². The number of furan rings is 1. The summed E-state index contributed by atoms with van der Waals surface area (Å²) in [6.45, 7) is 0. The minimum absolute atomic E-state index is 0.0592. The van der Waals surface area contributed by atoms with Crippen molar-refractivity contribution in [3.8, 4) is 0 Å². The zero-order valence-electron chi connectivity index (χ0n) is 15.9. The molecule has 1 N–H and O–H groups in total. The highest BCUT2D eigenvalue weighted by atomic mass is 16.3. The highest BCUT2D eigenvalue weighted by Crippen LogP contribution is 2.54. The van der Waals surface area contributed by atoms with Gasteiger partial charge >= 0.3 is 0 Å². The normalized spacial score (nSPS) is 32.8. The number of amides is 3. The molecule has 28 heavy (non-hydrogen) atoms. The van der Waals surface area contributed by atoms with Crippen LogP contribution in [0.25, 0.3) is 0 Å². The number of carbonyl (C=O) groups is 3. The predicted octanol–water partition coefficient (Wildman–Crippen LogP) is 2.97. The van der Waals surface area contributed by atoms with Gasteiger partial charge in [-0.2, -0.15) is 0 Å². The van der Waals surface area contributed by atoms with Crippen molar-refractivity contribution >= 4 is 17.7 Å². The SMILES string of the molecule is O=C(CC(c1ccco1)N1C(=O)C2C3C=CC(C3)C2C1=O)NC1CCCCC1. The lowest BCUT2D eigenvalue weighted by molar-refractivity contribution is -0.145. The van der Waals surface area contributed by atoms with Gasteiger partial charge in [0.25, 0.3) is 0 Å². The molecule has 1 aliphatic heterocycles. The van der Waals surface area contributed by atoms with Gasteiger partial charge in [-0.3, -0.25) is 19.3 Å². The molecule has 3 amide bonds. The van der Waals surface area contributed by atoms with Crippen LogP contribution in [0, 0.1) is 23.7 Å². The minimum atomic E-state index is -0.663. The quantitative estimate of drug-likeness (QED) is 0.627. The Bertz CT molecular complexity index is 779. The van der Waals surface area contributed by atoms with Gasteiger partial charge in [0.15, 0.2) is 0 Å². The minimum Gasteiger partial charge on any atom is -0.467 e. The Balaban J connectivity index is 1.37. The van der Waals surface area contributed by atoms with E-state index in [0.29, 0.717) is 5.76 Å². The number of nitrogens with zero attached hydrogens (tertiary/aromatic N) is 1. The molecule has 2 saturated carbocycles. The lowest BCUT2D eigenvalue weighted by atomic mass is 9.85. The van der Waals surface area contributed by atoms with Gasteiger partial charge in [-0.25, -0.2) is 0 Å². The van der Waals surface area contributed by atoms with Gasteiger partial charge in [-0.05, 0) is 43.2 Å². The van der Waals surface area contributed by atoms with E-state index in [2.05, 4.69) is 17.5 Å². The van der Waals surface area contributed by atoms with Gasteiger partial charge in [-0.15, -0.1) is 0 Å². The molecule has 0 radical (unpaired) electrons. The molecule has 5 rings (SSSR count). The molecule has 1 aromatic rings. The summed E-state index contributed by atoms with van der Waals surface area (Å²) >= 11 is 0. The number of nitrogens with one attached hydrogen (secondary N) is 1. The maximum absolute atomic E-state index is 13.2. The van der Waals surface area contributed by atoms with Crippen LogP contribution in [-0.4, -0.2) is 28.7 Å². The third-order valence-electron chi connectivity index (χ3n) is 7.04. The fourth-order valence-corrected chi connectivity index (χ4v) is 5.74. The van der Waals surface area contributed by atoms with Crippen molar-refractivity contribution in [2.45, 2.75) is 57.0 Å². The zero-order valence-corrected chi connectivity index (χ0v) is 15.9. The maximum Gasteiger partial charge on any atom is 0.234 e. The van der Waals surface area contributed by atoms with Gasteiger partial charge in [0.1, 0.15) is 11.8 Å². The van der Waals surface area contributed by atoms with Crippen LogP contribution in [0.1, 0.15) is 56.7 Å². The Kier molecular flexibility index (Phi) is 4.37. The molecule has 6 nitrogen and oxygen atoms in total. The Morgan fingerprint density at radius 1 is 1.11 bits per heavy atom. The summed E-state index contributed by atoms with van der Waals surface area (Å²) in [7, 11) is 0. The first-order chi connectivity index (χ1) is 13.6. The third kappa shape index (κ3) is 2.81. The van der Waals surface area contributed by atoms with E-state index in [4.69, 9.17) is 4.42 Å². The average molecular weight is 382 g/mol. The first-order valence-corrected chi connectivity index (χ1v) is 10.5. The van der Waals surface area contributed by atoms with E-state index in [1.54, 1.807) is 12.1 Å². The second-order valence-electron chi connectivity index (χ2n) is 8.68. The number of likely N-dealkylation sites (tertiary alicyclic amines) is 1. The van der Waals surface area contributed by atoms with Crippen molar-refractivity contribution in [1.82, 2.24) is 10.2 Å². The number of carbonyl (C=O) groups excluding carboxylic acids is 3. The molecule has 148 valence electrons. The van der Waals surface area contributed by atoms with Crippen molar-refractivity contribution in [2.75, 3.05) is 0 Å². The number of rotatable bonds is 5. The summed E-state index contributed by atoms with van der Waals surface area (Å²) in [5.74, 6) is -0.109. The first kappa shape index (κ1) is 17.7. The molecule has 1 aromatic heterocycles. The van der Waals surface area contributed by atoms with Crippen LogP contribution in [0.3, 0.4) is 0 Å². The van der Waals surface area contributed by atoms with Gasteiger partial charge < -0.3 is 9.73 Å². The molecule has 2 heterocycles. The molecule has 5 unspecified atom stereocenters. The van der Waals surface area contributed by atoms with E-state index in [1.807, 2.05) is 0 Å². The van der Waals surface area contributed by atoms with Crippen molar-refractivity contribution in [3.63, 3.8) is 0 Å². The smallest absolute Gasteiger partial charge is 0.234 e. The monoisotopic (exact) mass is 382 g/mol. The zero-order chi connectivity index (χ0) is 19.3. The Labute approximate surface area is 164 Å². The van der Waals surface area contributed by atoms with E-state index in [0.717, 1.165) is 32.1 Å². The highest BCUT2D eigenvalue weighted by molar-refractivity contribution is 6.07. The van der Waals surface area contributed by atoms with Crippen LogP contribution in [0.5, 0.6) is 0 Å². The molecular formula is C22H26N2O4. The van der Waals surface area contributed by atoms with E-state index < -0.39 is 6.04 Å². The van der Waals surface area contributed by atoms with Gasteiger partial charge in [-0.1, -0.05) is 31.4 Å². The summed E-state index contributed by atoms with van der Waals surface area (Å²) in [4.78, 5) is 40.5. The molecular weight excluding hydrogens is 356 g/mol. The van der Waals surface area contributed by atoms with E-state index >= 15 is 0 Å². The number of hydrogen-bond donors (Lipinski definition) is 1. The fraction of sp³-hybridized carbons (Fsp3) is 0.591. The van der Waals surface area contributed by atoms with Crippen LogP contribution < -0.4 is 5.32 Å². The van der Waals surface area contributed by atoms with Gasteiger partial charge in [0, 0.05) is 6.04 Å².